The molecule has 0 aromatic heterocycles. The van der Waals surface area contributed by atoms with Crippen molar-refractivity contribution in [3.8, 4) is 11.5 Å². The molecule has 0 fully saturated rings. The summed E-state index contributed by atoms with van der Waals surface area (Å²) in [5, 5.41) is 9.75. The normalized spacial score (nSPS) is 11.3. The number of aryl methyl sites for hydroxylation is 3. The van der Waals surface area contributed by atoms with Crippen molar-refractivity contribution in [3.63, 3.8) is 0 Å². The average Bonchev–Trinajstić information content (AvgIpc) is 2.58. The van der Waals surface area contributed by atoms with E-state index in [1.54, 1.807) is 38.1 Å². The van der Waals surface area contributed by atoms with Crippen LogP contribution in [0.15, 0.2) is 36.4 Å². The van der Waals surface area contributed by atoms with Crippen LogP contribution in [0.2, 0.25) is 0 Å². The van der Waals surface area contributed by atoms with E-state index in [4.69, 9.17) is 11.6 Å². The van der Waals surface area contributed by atoms with Gasteiger partial charge in [-0.25, -0.2) is 0 Å². The molecule has 0 radical (unpaired) electrons. The van der Waals surface area contributed by atoms with Crippen LogP contribution in [0.5, 0.6) is 11.5 Å². The molecule has 3 nitrogen and oxygen atoms in total. The van der Waals surface area contributed by atoms with Crippen LogP contribution in [0.3, 0.4) is 0 Å². The van der Waals surface area contributed by atoms with Crippen LogP contribution in [0.4, 0.5) is 8.78 Å². The first-order chi connectivity index (χ1) is 12.3. The third kappa shape index (κ3) is 5.05. The monoisotopic (exact) mass is 380 g/mol. The summed E-state index contributed by atoms with van der Waals surface area (Å²) in [6.07, 6.45) is 3.48. The third-order valence-corrected chi connectivity index (χ3v) is 4.03. The Morgan fingerprint density at radius 2 is 1.88 bits per heavy atom. The lowest BCUT2D eigenvalue weighted by molar-refractivity contribution is -0.0507. The van der Waals surface area contributed by atoms with E-state index in [0.717, 1.165) is 0 Å². The molecule has 0 amide bonds. The highest BCUT2D eigenvalue weighted by Crippen LogP contribution is 2.27. The summed E-state index contributed by atoms with van der Waals surface area (Å²) in [6.45, 7) is 0.455. The number of phenols is 1. The molecule has 1 N–H and O–H groups in total. The van der Waals surface area contributed by atoms with Gasteiger partial charge in [0, 0.05) is 11.4 Å². The average molecular weight is 381 g/mol. The maximum atomic E-state index is 12.4. The number of halogens is 3. The lowest BCUT2D eigenvalue weighted by Gasteiger charge is -2.12. The van der Waals surface area contributed by atoms with Crippen molar-refractivity contribution < 1.29 is 23.4 Å². The molecule has 0 atom stereocenters. The first kappa shape index (κ1) is 19.9. The molecule has 6 heteroatoms. The number of ketones is 1. The van der Waals surface area contributed by atoms with Gasteiger partial charge < -0.3 is 9.84 Å². The molecule has 0 unspecified atom stereocenters. The number of benzene rings is 2. The van der Waals surface area contributed by atoms with E-state index in [9.17, 15) is 18.7 Å². The van der Waals surface area contributed by atoms with E-state index in [-0.39, 0.29) is 17.3 Å². The second kappa shape index (κ2) is 8.81. The van der Waals surface area contributed by atoms with E-state index in [2.05, 4.69) is 4.74 Å². The van der Waals surface area contributed by atoms with E-state index in [1.165, 1.54) is 18.2 Å². The largest absolute Gasteiger partial charge is 0.508 e. The highest BCUT2D eigenvalue weighted by Gasteiger charge is 2.11. The van der Waals surface area contributed by atoms with Gasteiger partial charge in [-0.2, -0.15) is 8.78 Å². The number of carbonyl (C=O) groups is 1. The molecule has 2 rings (SSSR count). The van der Waals surface area contributed by atoms with Crippen molar-refractivity contribution >= 4 is 23.5 Å². The molecular formula is C20H19ClF2O3. The number of hydrogen-bond acceptors (Lipinski definition) is 3. The molecular weight excluding hydrogens is 362 g/mol. The van der Waals surface area contributed by atoms with Crippen LogP contribution >= 0.6 is 11.6 Å². The smallest absolute Gasteiger partial charge is 0.387 e. The minimum absolute atomic E-state index is 0.104. The van der Waals surface area contributed by atoms with Crippen LogP contribution in [-0.2, 0) is 6.42 Å². The first-order valence-corrected chi connectivity index (χ1v) is 8.51. The first-order valence-electron chi connectivity index (χ1n) is 7.98. The number of rotatable bonds is 7. The summed E-state index contributed by atoms with van der Waals surface area (Å²) < 4.78 is 29.4. The zero-order chi connectivity index (χ0) is 19.3. The Morgan fingerprint density at radius 1 is 1.23 bits per heavy atom. The van der Waals surface area contributed by atoms with Crippen molar-refractivity contribution in [1.29, 1.82) is 0 Å². The molecule has 2 aromatic carbocycles. The van der Waals surface area contributed by atoms with Crippen LogP contribution in [0.1, 0.15) is 32.6 Å². The molecule has 0 aliphatic heterocycles. The summed E-state index contributed by atoms with van der Waals surface area (Å²) in [5.74, 6) is 0.357. The molecule has 26 heavy (non-hydrogen) atoms. The van der Waals surface area contributed by atoms with Gasteiger partial charge in [-0.15, -0.1) is 11.6 Å². The molecule has 0 saturated heterocycles. The third-order valence-electron chi connectivity index (χ3n) is 3.84. The highest BCUT2D eigenvalue weighted by molar-refractivity contribution is 6.18. The lowest BCUT2D eigenvalue weighted by Crippen LogP contribution is -2.05. The van der Waals surface area contributed by atoms with Crippen molar-refractivity contribution in [2.24, 2.45) is 0 Å². The minimum Gasteiger partial charge on any atom is -0.508 e. The fourth-order valence-electron chi connectivity index (χ4n) is 2.66. The summed E-state index contributed by atoms with van der Waals surface area (Å²) in [5.41, 5.74) is 2.87. The van der Waals surface area contributed by atoms with Gasteiger partial charge in [0.15, 0.2) is 5.78 Å². The fraction of sp³-hybridized carbons (Fsp3) is 0.250. The van der Waals surface area contributed by atoms with Gasteiger partial charge in [-0.1, -0.05) is 6.08 Å². The van der Waals surface area contributed by atoms with Gasteiger partial charge in [0.2, 0.25) is 0 Å². The van der Waals surface area contributed by atoms with E-state index in [1.807, 2.05) is 0 Å². The number of hydrogen-bond donors (Lipinski definition) is 1. The van der Waals surface area contributed by atoms with Gasteiger partial charge in [0.1, 0.15) is 11.5 Å². The van der Waals surface area contributed by atoms with Gasteiger partial charge in [0.25, 0.3) is 0 Å². The van der Waals surface area contributed by atoms with E-state index in [0.29, 0.717) is 40.1 Å². The zero-order valence-corrected chi connectivity index (χ0v) is 15.2. The molecule has 0 heterocycles. The molecule has 0 bridgehead atoms. The number of phenolic OH excluding ortho intramolecular Hbond substituents is 1. The Morgan fingerprint density at radius 3 is 2.46 bits per heavy atom. The Bertz CT molecular complexity index is 809. The quantitative estimate of drug-likeness (QED) is 0.403. The Hall–Kier alpha value is -2.40. The summed E-state index contributed by atoms with van der Waals surface area (Å²) in [7, 11) is 0. The standard InChI is InChI=1S/C20H19ClF2O3/c1-12-9-14(10-13(2)19(12)26-20(22)23)3-5-17(24)15-4-6-18(25)16(11-15)7-8-21/h3-6,9-11,20,25H,7-8H2,1-2H3/b5-3+. The number of aromatic hydroxyl groups is 1. The highest BCUT2D eigenvalue weighted by atomic mass is 35.5. The summed E-state index contributed by atoms with van der Waals surface area (Å²) >= 11 is 5.69. The van der Waals surface area contributed by atoms with Crippen molar-refractivity contribution in [1.82, 2.24) is 0 Å². The van der Waals surface area contributed by atoms with Crippen LogP contribution in [0.25, 0.3) is 6.08 Å². The molecule has 2 aromatic rings. The SMILES string of the molecule is Cc1cc(/C=C/C(=O)c2ccc(O)c(CCCl)c2)cc(C)c1OC(F)F. The number of carbonyl (C=O) groups excluding carboxylic acids is 1. The fourth-order valence-corrected chi connectivity index (χ4v) is 2.87. The maximum Gasteiger partial charge on any atom is 0.387 e. The summed E-state index contributed by atoms with van der Waals surface area (Å²) in [6, 6.07) is 7.96. The van der Waals surface area contributed by atoms with Crippen LogP contribution in [0, 0.1) is 13.8 Å². The Kier molecular flexibility index (Phi) is 6.75. The van der Waals surface area contributed by atoms with Crippen molar-refractivity contribution in [2.45, 2.75) is 26.9 Å². The van der Waals surface area contributed by atoms with E-state index >= 15 is 0 Å². The van der Waals surface area contributed by atoms with E-state index < -0.39 is 6.61 Å². The Labute approximate surface area is 155 Å². The second-order valence-electron chi connectivity index (χ2n) is 5.84. The predicted octanol–water partition coefficient (Wildman–Crippen LogP) is 5.29. The number of ether oxygens (including phenoxy) is 1. The molecule has 0 aliphatic carbocycles. The number of alkyl halides is 3. The zero-order valence-electron chi connectivity index (χ0n) is 14.4. The van der Waals surface area contributed by atoms with Crippen LogP contribution < -0.4 is 4.74 Å². The van der Waals surface area contributed by atoms with Gasteiger partial charge in [0.05, 0.1) is 0 Å². The van der Waals surface area contributed by atoms with Crippen molar-refractivity contribution in [3.05, 3.63) is 64.2 Å². The number of allylic oxidation sites excluding steroid dienone is 1. The van der Waals surface area contributed by atoms with Gasteiger partial charge >= 0.3 is 6.61 Å². The molecule has 0 aliphatic rings. The maximum absolute atomic E-state index is 12.4. The topological polar surface area (TPSA) is 46.5 Å². The molecule has 0 spiro atoms. The van der Waals surface area contributed by atoms with Crippen LogP contribution in [-0.4, -0.2) is 23.4 Å². The lowest BCUT2D eigenvalue weighted by atomic mass is 10.0. The van der Waals surface area contributed by atoms with Gasteiger partial charge in [-0.05, 0) is 78.9 Å². The van der Waals surface area contributed by atoms with Crippen molar-refractivity contribution in [2.75, 3.05) is 5.88 Å². The summed E-state index contributed by atoms with van der Waals surface area (Å²) in [4.78, 5) is 12.3. The molecule has 138 valence electrons. The molecule has 0 saturated carbocycles. The minimum atomic E-state index is -2.88. The van der Waals surface area contributed by atoms with Gasteiger partial charge in [-0.3, -0.25) is 4.79 Å². The predicted molar refractivity (Wildman–Crippen MR) is 98.4 cm³/mol. The second-order valence-corrected chi connectivity index (χ2v) is 6.22. The Balaban J connectivity index is 2.21.